The van der Waals surface area contributed by atoms with E-state index in [1.54, 1.807) is 31.4 Å². The van der Waals surface area contributed by atoms with Gasteiger partial charge in [0.15, 0.2) is 0 Å². The maximum Gasteiger partial charge on any atom is 0.243 e. The molecule has 1 amide bonds. The molecule has 0 spiro atoms. The Bertz CT molecular complexity index is 889. The van der Waals surface area contributed by atoms with E-state index in [0.29, 0.717) is 25.9 Å². The number of nitrogens with zero attached hydrogens (tertiary/aromatic N) is 1. The Labute approximate surface area is 173 Å². The van der Waals surface area contributed by atoms with Gasteiger partial charge in [0.1, 0.15) is 5.75 Å². The van der Waals surface area contributed by atoms with Crippen LogP contribution in [0.3, 0.4) is 0 Å². The molecule has 29 heavy (non-hydrogen) atoms. The smallest absolute Gasteiger partial charge is 0.243 e. The molecular formula is C22H30N2O4S. The van der Waals surface area contributed by atoms with Gasteiger partial charge in [0.25, 0.3) is 0 Å². The van der Waals surface area contributed by atoms with Crippen LogP contribution in [0.1, 0.15) is 44.4 Å². The van der Waals surface area contributed by atoms with Gasteiger partial charge in [-0.05, 0) is 48.7 Å². The third-order valence-electron chi connectivity index (χ3n) is 4.90. The van der Waals surface area contributed by atoms with Crippen molar-refractivity contribution >= 4 is 15.9 Å². The summed E-state index contributed by atoms with van der Waals surface area (Å²) >= 11 is 0. The average Bonchev–Trinajstić information content (AvgIpc) is 2.73. The molecule has 2 rings (SSSR count). The predicted octanol–water partition coefficient (Wildman–Crippen LogP) is 3.54. The minimum Gasteiger partial charge on any atom is -0.497 e. The van der Waals surface area contributed by atoms with Gasteiger partial charge in [-0.2, -0.15) is 4.31 Å². The Morgan fingerprint density at radius 3 is 2.14 bits per heavy atom. The highest BCUT2D eigenvalue weighted by molar-refractivity contribution is 7.89. The molecule has 0 saturated carbocycles. The van der Waals surface area contributed by atoms with E-state index in [1.165, 1.54) is 4.31 Å². The number of amides is 1. The van der Waals surface area contributed by atoms with E-state index in [4.69, 9.17) is 4.74 Å². The van der Waals surface area contributed by atoms with Crippen LogP contribution in [0.5, 0.6) is 5.75 Å². The van der Waals surface area contributed by atoms with Gasteiger partial charge >= 0.3 is 0 Å². The summed E-state index contributed by atoms with van der Waals surface area (Å²) in [6.45, 7) is 6.39. The largest absolute Gasteiger partial charge is 0.497 e. The van der Waals surface area contributed by atoms with Gasteiger partial charge in [0.2, 0.25) is 15.9 Å². The van der Waals surface area contributed by atoms with E-state index in [2.05, 4.69) is 5.32 Å². The van der Waals surface area contributed by atoms with Crippen molar-refractivity contribution in [3.8, 4) is 5.75 Å². The van der Waals surface area contributed by atoms with Crippen molar-refractivity contribution in [3.63, 3.8) is 0 Å². The SMILES string of the molecule is CCN(CC)S(=O)(=O)c1ccc(C(C)NC(=O)CCc2ccc(OC)cc2)cc1. The van der Waals surface area contributed by atoms with Crippen LogP contribution in [0, 0.1) is 0 Å². The number of methoxy groups -OCH3 is 1. The minimum absolute atomic E-state index is 0.0480. The van der Waals surface area contributed by atoms with Crippen molar-refractivity contribution in [2.75, 3.05) is 20.2 Å². The number of sulfonamides is 1. The Hall–Kier alpha value is -2.38. The molecule has 2 aromatic carbocycles. The minimum atomic E-state index is -3.47. The highest BCUT2D eigenvalue weighted by atomic mass is 32.2. The highest BCUT2D eigenvalue weighted by Crippen LogP contribution is 2.20. The summed E-state index contributed by atoms with van der Waals surface area (Å²) in [6, 6.07) is 14.2. The lowest BCUT2D eigenvalue weighted by Gasteiger charge is -2.19. The molecule has 0 radical (unpaired) electrons. The topological polar surface area (TPSA) is 75.7 Å². The third-order valence-corrected chi connectivity index (χ3v) is 6.96. The fraction of sp³-hybridized carbons (Fsp3) is 0.409. The normalized spacial score (nSPS) is 12.6. The molecule has 0 aliphatic heterocycles. The first kappa shape index (κ1) is 22.9. The third kappa shape index (κ3) is 6.05. The van der Waals surface area contributed by atoms with Crippen molar-refractivity contribution in [2.45, 2.75) is 44.6 Å². The van der Waals surface area contributed by atoms with Gasteiger partial charge in [0.05, 0.1) is 18.0 Å². The first-order valence-corrected chi connectivity index (χ1v) is 11.3. The zero-order chi connectivity index (χ0) is 21.4. The van der Waals surface area contributed by atoms with Gasteiger partial charge in [0, 0.05) is 19.5 Å². The van der Waals surface area contributed by atoms with Gasteiger partial charge in [-0.25, -0.2) is 8.42 Å². The first-order chi connectivity index (χ1) is 13.8. The maximum absolute atomic E-state index is 12.6. The van der Waals surface area contributed by atoms with E-state index in [0.717, 1.165) is 16.9 Å². The summed E-state index contributed by atoms with van der Waals surface area (Å²) in [5, 5.41) is 2.97. The second-order valence-corrected chi connectivity index (χ2v) is 8.73. The van der Waals surface area contributed by atoms with E-state index < -0.39 is 10.0 Å². The van der Waals surface area contributed by atoms with Crippen LogP contribution >= 0.6 is 0 Å². The predicted molar refractivity (Wildman–Crippen MR) is 114 cm³/mol. The zero-order valence-electron chi connectivity index (χ0n) is 17.5. The summed E-state index contributed by atoms with van der Waals surface area (Å²) in [6.07, 6.45) is 1.02. The van der Waals surface area contributed by atoms with Gasteiger partial charge in [-0.3, -0.25) is 4.79 Å². The van der Waals surface area contributed by atoms with Crippen LogP contribution < -0.4 is 10.1 Å². The molecule has 2 aromatic rings. The Morgan fingerprint density at radius 1 is 1.03 bits per heavy atom. The molecule has 0 aliphatic rings. The zero-order valence-corrected chi connectivity index (χ0v) is 18.3. The molecule has 0 saturated heterocycles. The van der Waals surface area contributed by atoms with Crippen LogP contribution in [0.2, 0.25) is 0 Å². The Balaban J connectivity index is 1.94. The lowest BCUT2D eigenvalue weighted by Crippen LogP contribution is -2.30. The number of carbonyl (C=O) groups excluding carboxylic acids is 1. The number of hydrogen-bond acceptors (Lipinski definition) is 4. The molecule has 0 aromatic heterocycles. The Kier molecular flexibility index (Phi) is 8.22. The van der Waals surface area contributed by atoms with Crippen molar-refractivity contribution in [1.29, 1.82) is 0 Å². The van der Waals surface area contributed by atoms with Gasteiger partial charge in [-0.15, -0.1) is 0 Å². The molecule has 7 heteroatoms. The summed E-state index contributed by atoms with van der Waals surface area (Å²) in [5.74, 6) is 0.742. The van der Waals surface area contributed by atoms with Crippen molar-refractivity contribution in [1.82, 2.24) is 9.62 Å². The van der Waals surface area contributed by atoms with Crippen molar-refractivity contribution in [2.24, 2.45) is 0 Å². The van der Waals surface area contributed by atoms with Crippen LogP contribution in [-0.2, 0) is 21.2 Å². The highest BCUT2D eigenvalue weighted by Gasteiger charge is 2.21. The van der Waals surface area contributed by atoms with Gasteiger partial charge < -0.3 is 10.1 Å². The Morgan fingerprint density at radius 2 is 1.62 bits per heavy atom. The standard InChI is InChI=1S/C22H30N2O4S/c1-5-24(6-2)29(26,27)21-14-10-19(11-15-21)17(3)23-22(25)16-9-18-7-12-20(28-4)13-8-18/h7-8,10-15,17H,5-6,9,16H2,1-4H3,(H,23,25). The quantitative estimate of drug-likeness (QED) is 0.640. The van der Waals surface area contributed by atoms with Crippen LogP contribution in [0.25, 0.3) is 0 Å². The lowest BCUT2D eigenvalue weighted by atomic mass is 10.1. The van der Waals surface area contributed by atoms with E-state index >= 15 is 0 Å². The molecule has 0 heterocycles. The fourth-order valence-electron chi connectivity index (χ4n) is 3.09. The molecular weight excluding hydrogens is 388 g/mol. The second kappa shape index (κ2) is 10.4. The molecule has 1 unspecified atom stereocenters. The van der Waals surface area contributed by atoms with Crippen LogP contribution in [0.15, 0.2) is 53.4 Å². The lowest BCUT2D eigenvalue weighted by molar-refractivity contribution is -0.121. The molecule has 158 valence electrons. The van der Waals surface area contributed by atoms with E-state index in [1.807, 2.05) is 45.0 Å². The molecule has 0 bridgehead atoms. The number of hydrogen-bond donors (Lipinski definition) is 1. The van der Waals surface area contributed by atoms with E-state index in [-0.39, 0.29) is 16.8 Å². The summed E-state index contributed by atoms with van der Waals surface area (Å²) in [4.78, 5) is 12.5. The van der Waals surface area contributed by atoms with Gasteiger partial charge in [-0.1, -0.05) is 38.1 Å². The molecule has 0 aliphatic carbocycles. The molecule has 1 N–H and O–H groups in total. The van der Waals surface area contributed by atoms with Crippen molar-refractivity contribution < 1.29 is 17.9 Å². The summed E-state index contributed by atoms with van der Waals surface area (Å²) < 4.78 is 31.7. The van der Waals surface area contributed by atoms with Crippen LogP contribution in [0.4, 0.5) is 0 Å². The molecule has 0 fully saturated rings. The summed E-state index contributed by atoms with van der Waals surface area (Å²) in [7, 11) is -1.85. The molecule has 6 nitrogen and oxygen atoms in total. The first-order valence-electron chi connectivity index (χ1n) is 9.84. The number of carbonyl (C=O) groups is 1. The number of aryl methyl sites for hydroxylation is 1. The van der Waals surface area contributed by atoms with Crippen LogP contribution in [-0.4, -0.2) is 38.8 Å². The van der Waals surface area contributed by atoms with E-state index in [9.17, 15) is 13.2 Å². The summed E-state index contributed by atoms with van der Waals surface area (Å²) in [5.41, 5.74) is 1.93. The number of nitrogens with one attached hydrogen (secondary N) is 1. The molecule has 1 atom stereocenters. The second-order valence-electron chi connectivity index (χ2n) is 6.80. The number of ether oxygens (including phenoxy) is 1. The monoisotopic (exact) mass is 418 g/mol. The van der Waals surface area contributed by atoms with Crippen molar-refractivity contribution in [3.05, 3.63) is 59.7 Å². The maximum atomic E-state index is 12.6. The number of benzene rings is 2. The average molecular weight is 419 g/mol. The number of rotatable bonds is 10. The fourth-order valence-corrected chi connectivity index (χ4v) is 4.55.